The smallest absolute Gasteiger partial charge is 0.317 e. The minimum absolute atomic E-state index is 0.0907. The lowest BCUT2D eigenvalue weighted by atomic mass is 10.0. The van der Waals surface area contributed by atoms with Crippen LogP contribution >= 0.6 is 0 Å². The van der Waals surface area contributed by atoms with Crippen LogP contribution in [0.4, 0.5) is 0 Å². The Morgan fingerprint density at radius 1 is 1.29 bits per heavy atom. The van der Waals surface area contributed by atoms with Gasteiger partial charge in [0.1, 0.15) is 0 Å². The quantitative estimate of drug-likeness (QED) is 0.768. The molecular formula is C16H24N2O3. The largest absolute Gasteiger partial charge is 0.480 e. The molecule has 0 saturated heterocycles. The number of hydrogen-bond donors (Lipinski definition) is 2. The van der Waals surface area contributed by atoms with Crippen LogP contribution in [0, 0.1) is 6.92 Å². The Balaban J connectivity index is 2.59. The minimum Gasteiger partial charge on any atom is -0.480 e. The Hall–Kier alpha value is -1.88. The van der Waals surface area contributed by atoms with Gasteiger partial charge in [0.2, 0.25) is 5.91 Å². The molecule has 0 radical (unpaired) electrons. The van der Waals surface area contributed by atoms with E-state index < -0.39 is 5.97 Å². The van der Waals surface area contributed by atoms with E-state index in [4.69, 9.17) is 5.11 Å². The molecule has 0 aliphatic carbocycles. The summed E-state index contributed by atoms with van der Waals surface area (Å²) >= 11 is 0. The Morgan fingerprint density at radius 2 is 1.95 bits per heavy atom. The van der Waals surface area contributed by atoms with Crippen LogP contribution in [0.1, 0.15) is 37.4 Å². The third kappa shape index (κ3) is 5.95. The maximum absolute atomic E-state index is 12.1. The number of hydrogen-bond acceptors (Lipinski definition) is 3. The summed E-state index contributed by atoms with van der Waals surface area (Å²) in [4.78, 5) is 24.5. The molecule has 0 spiro atoms. The summed E-state index contributed by atoms with van der Waals surface area (Å²) in [5, 5.41) is 11.8. The van der Waals surface area contributed by atoms with Crippen molar-refractivity contribution in [2.75, 3.05) is 19.6 Å². The van der Waals surface area contributed by atoms with Gasteiger partial charge in [-0.05, 0) is 37.9 Å². The average Bonchev–Trinajstić information content (AvgIpc) is 2.38. The van der Waals surface area contributed by atoms with E-state index in [1.165, 1.54) is 0 Å². The zero-order chi connectivity index (χ0) is 15.8. The number of rotatable bonds is 8. The third-order valence-electron chi connectivity index (χ3n) is 3.30. The van der Waals surface area contributed by atoms with Crippen LogP contribution in [0.5, 0.6) is 0 Å². The number of aliphatic carboxylic acids is 1. The number of nitrogens with one attached hydrogen (secondary N) is 1. The fourth-order valence-corrected chi connectivity index (χ4v) is 2.36. The molecule has 0 heterocycles. The minimum atomic E-state index is -0.914. The normalized spacial score (nSPS) is 12.2. The molecule has 1 aromatic rings. The standard InChI is InChI=1S/C16H24N2O3/c1-4-9-18(11-16(20)21)10-15(19)17-13(3)14-8-6-5-7-12(14)2/h5-8,13H,4,9-11H2,1-3H3,(H,17,19)(H,20,21). The average molecular weight is 292 g/mol. The van der Waals surface area contributed by atoms with E-state index in [2.05, 4.69) is 5.32 Å². The van der Waals surface area contributed by atoms with Gasteiger partial charge in [0.15, 0.2) is 0 Å². The second kappa shape index (κ2) is 8.42. The molecule has 21 heavy (non-hydrogen) atoms. The van der Waals surface area contributed by atoms with Crippen molar-refractivity contribution in [2.24, 2.45) is 0 Å². The van der Waals surface area contributed by atoms with Crippen LogP contribution in [-0.2, 0) is 9.59 Å². The maximum Gasteiger partial charge on any atom is 0.317 e. The SMILES string of the molecule is CCCN(CC(=O)O)CC(=O)NC(C)c1ccccc1C. The van der Waals surface area contributed by atoms with Crippen molar-refractivity contribution >= 4 is 11.9 Å². The molecule has 0 aliphatic heterocycles. The number of benzene rings is 1. The molecule has 1 atom stereocenters. The number of carboxylic acid groups (broad SMARTS) is 1. The molecule has 1 aromatic carbocycles. The van der Waals surface area contributed by atoms with Crippen LogP contribution in [0.2, 0.25) is 0 Å². The summed E-state index contributed by atoms with van der Waals surface area (Å²) in [5.74, 6) is -1.07. The van der Waals surface area contributed by atoms with Crippen LogP contribution in [0.25, 0.3) is 0 Å². The molecular weight excluding hydrogens is 268 g/mol. The zero-order valence-electron chi connectivity index (χ0n) is 12.9. The molecule has 1 unspecified atom stereocenters. The molecule has 1 rings (SSSR count). The lowest BCUT2D eigenvalue weighted by Crippen LogP contribution is -2.41. The van der Waals surface area contributed by atoms with Crippen molar-refractivity contribution in [3.63, 3.8) is 0 Å². The Morgan fingerprint density at radius 3 is 2.52 bits per heavy atom. The van der Waals surface area contributed by atoms with Crippen LogP contribution in [0.15, 0.2) is 24.3 Å². The van der Waals surface area contributed by atoms with Crippen molar-refractivity contribution in [1.29, 1.82) is 0 Å². The Labute approximate surface area is 126 Å². The number of carbonyl (C=O) groups is 2. The van der Waals surface area contributed by atoms with E-state index in [1.54, 1.807) is 4.90 Å². The van der Waals surface area contributed by atoms with Gasteiger partial charge in [-0.3, -0.25) is 14.5 Å². The topological polar surface area (TPSA) is 69.6 Å². The highest BCUT2D eigenvalue weighted by atomic mass is 16.4. The number of nitrogens with zero attached hydrogens (tertiary/aromatic N) is 1. The second-order valence-electron chi connectivity index (χ2n) is 5.25. The van der Waals surface area contributed by atoms with Gasteiger partial charge in [-0.1, -0.05) is 31.2 Å². The van der Waals surface area contributed by atoms with Gasteiger partial charge in [0, 0.05) is 0 Å². The molecule has 0 fully saturated rings. The van der Waals surface area contributed by atoms with Gasteiger partial charge in [0.25, 0.3) is 0 Å². The van der Waals surface area contributed by atoms with Gasteiger partial charge >= 0.3 is 5.97 Å². The summed E-state index contributed by atoms with van der Waals surface area (Å²) in [7, 11) is 0. The van der Waals surface area contributed by atoms with Gasteiger partial charge in [-0.15, -0.1) is 0 Å². The van der Waals surface area contributed by atoms with Crippen molar-refractivity contribution < 1.29 is 14.7 Å². The molecule has 116 valence electrons. The molecule has 5 nitrogen and oxygen atoms in total. The first-order valence-electron chi connectivity index (χ1n) is 7.23. The molecule has 0 aromatic heterocycles. The van der Waals surface area contributed by atoms with Gasteiger partial charge in [0.05, 0.1) is 19.1 Å². The summed E-state index contributed by atoms with van der Waals surface area (Å²) in [6, 6.07) is 7.81. The van der Waals surface area contributed by atoms with Gasteiger partial charge < -0.3 is 10.4 Å². The third-order valence-corrected chi connectivity index (χ3v) is 3.30. The van der Waals surface area contributed by atoms with Crippen molar-refractivity contribution in [1.82, 2.24) is 10.2 Å². The highest BCUT2D eigenvalue weighted by molar-refractivity contribution is 5.79. The number of carbonyl (C=O) groups excluding carboxylic acids is 1. The number of carboxylic acids is 1. The van der Waals surface area contributed by atoms with Crippen molar-refractivity contribution in [2.45, 2.75) is 33.2 Å². The van der Waals surface area contributed by atoms with Gasteiger partial charge in [-0.25, -0.2) is 0 Å². The molecule has 0 saturated carbocycles. The first-order valence-corrected chi connectivity index (χ1v) is 7.23. The van der Waals surface area contributed by atoms with Gasteiger partial charge in [-0.2, -0.15) is 0 Å². The van der Waals surface area contributed by atoms with Crippen LogP contribution in [0.3, 0.4) is 0 Å². The molecule has 5 heteroatoms. The highest BCUT2D eigenvalue weighted by Gasteiger charge is 2.16. The molecule has 0 bridgehead atoms. The van der Waals surface area contributed by atoms with E-state index in [1.807, 2.05) is 45.0 Å². The summed E-state index contributed by atoms with van der Waals surface area (Å²) in [5.41, 5.74) is 2.20. The van der Waals surface area contributed by atoms with Crippen LogP contribution < -0.4 is 5.32 Å². The molecule has 2 N–H and O–H groups in total. The summed E-state index contributed by atoms with van der Waals surface area (Å²) in [6.45, 7) is 6.49. The highest BCUT2D eigenvalue weighted by Crippen LogP contribution is 2.16. The fraction of sp³-hybridized carbons (Fsp3) is 0.500. The van der Waals surface area contributed by atoms with E-state index >= 15 is 0 Å². The zero-order valence-corrected chi connectivity index (χ0v) is 12.9. The Kier molecular flexibility index (Phi) is 6.88. The van der Waals surface area contributed by atoms with E-state index in [0.717, 1.165) is 17.5 Å². The Bertz CT molecular complexity index is 488. The second-order valence-corrected chi connectivity index (χ2v) is 5.25. The lowest BCUT2D eigenvalue weighted by Gasteiger charge is -2.21. The number of amides is 1. The van der Waals surface area contributed by atoms with E-state index in [0.29, 0.717) is 6.54 Å². The van der Waals surface area contributed by atoms with E-state index in [-0.39, 0.29) is 25.0 Å². The first kappa shape index (κ1) is 17.2. The maximum atomic E-state index is 12.1. The predicted octanol–water partition coefficient (Wildman–Crippen LogP) is 1.97. The predicted molar refractivity (Wildman–Crippen MR) is 82.1 cm³/mol. The summed E-state index contributed by atoms with van der Waals surface area (Å²) in [6.07, 6.45) is 0.813. The molecule has 1 amide bonds. The van der Waals surface area contributed by atoms with Crippen LogP contribution in [-0.4, -0.2) is 41.5 Å². The first-order chi connectivity index (χ1) is 9.93. The van der Waals surface area contributed by atoms with Crippen molar-refractivity contribution in [3.05, 3.63) is 35.4 Å². The number of aryl methyl sites for hydroxylation is 1. The van der Waals surface area contributed by atoms with Crippen molar-refractivity contribution in [3.8, 4) is 0 Å². The molecule has 0 aliphatic rings. The monoisotopic (exact) mass is 292 g/mol. The fourth-order valence-electron chi connectivity index (χ4n) is 2.36. The lowest BCUT2D eigenvalue weighted by molar-refractivity contribution is -0.138. The van der Waals surface area contributed by atoms with E-state index in [9.17, 15) is 9.59 Å². The summed E-state index contributed by atoms with van der Waals surface area (Å²) < 4.78 is 0.